The average Bonchev–Trinajstić information content (AvgIpc) is 2.43. The number of benzene rings is 1. The zero-order chi connectivity index (χ0) is 15.0. The quantitative estimate of drug-likeness (QED) is 0.813. The topological polar surface area (TPSA) is 20.3 Å². The summed E-state index contributed by atoms with van der Waals surface area (Å²) in [7, 11) is 0. The fourth-order valence-corrected chi connectivity index (χ4v) is 3.33. The summed E-state index contributed by atoms with van der Waals surface area (Å²) in [6.07, 6.45) is 5.90. The molecule has 110 valence electrons. The molecule has 1 aliphatic carbocycles. The van der Waals surface area contributed by atoms with E-state index in [-0.39, 0.29) is 5.54 Å². The first kappa shape index (κ1) is 14.1. The van der Waals surface area contributed by atoms with Crippen molar-refractivity contribution in [3.05, 3.63) is 59.3 Å². The number of carbonyl (C=O) groups is 1. The van der Waals surface area contributed by atoms with Gasteiger partial charge >= 0.3 is 0 Å². The zero-order valence-corrected chi connectivity index (χ0v) is 13.1. The maximum atomic E-state index is 12.3. The molecule has 2 aliphatic rings. The molecular weight excluding hydrogens is 258 g/mol. The summed E-state index contributed by atoms with van der Waals surface area (Å²) in [5, 5.41) is 0. The van der Waals surface area contributed by atoms with Crippen molar-refractivity contribution in [3.8, 4) is 0 Å². The van der Waals surface area contributed by atoms with Gasteiger partial charge in [0.1, 0.15) is 0 Å². The lowest BCUT2D eigenvalue weighted by atomic mass is 9.81. The third-order valence-corrected chi connectivity index (χ3v) is 4.55. The molecule has 1 heterocycles. The van der Waals surface area contributed by atoms with Crippen LogP contribution in [0.1, 0.15) is 39.2 Å². The predicted octanol–water partition coefficient (Wildman–Crippen LogP) is 4.09. The summed E-state index contributed by atoms with van der Waals surface area (Å²) in [5.74, 6) is 0.741. The molecule has 0 bridgehead atoms. The molecule has 21 heavy (non-hydrogen) atoms. The Morgan fingerprint density at radius 2 is 1.90 bits per heavy atom. The molecule has 1 aromatic carbocycles. The van der Waals surface area contributed by atoms with Crippen molar-refractivity contribution in [3.63, 3.8) is 0 Å². The van der Waals surface area contributed by atoms with Gasteiger partial charge in [0.2, 0.25) is 0 Å². The second-order valence-corrected chi connectivity index (χ2v) is 6.86. The van der Waals surface area contributed by atoms with Gasteiger partial charge in [0.15, 0.2) is 5.78 Å². The van der Waals surface area contributed by atoms with E-state index < -0.39 is 0 Å². The summed E-state index contributed by atoms with van der Waals surface area (Å²) in [6, 6.07) is 10.5. The van der Waals surface area contributed by atoms with Crippen LogP contribution in [0.2, 0.25) is 0 Å². The number of allylic oxidation sites excluding steroid dienone is 3. The van der Waals surface area contributed by atoms with Crippen LogP contribution in [-0.2, 0) is 11.3 Å². The highest BCUT2D eigenvalue weighted by Gasteiger charge is 2.36. The lowest BCUT2D eigenvalue weighted by Crippen LogP contribution is -2.45. The summed E-state index contributed by atoms with van der Waals surface area (Å²) in [4.78, 5) is 14.7. The second-order valence-electron chi connectivity index (χ2n) is 6.86. The van der Waals surface area contributed by atoms with Crippen LogP contribution < -0.4 is 0 Å². The maximum absolute atomic E-state index is 12.3. The van der Waals surface area contributed by atoms with Gasteiger partial charge in [-0.1, -0.05) is 49.4 Å². The van der Waals surface area contributed by atoms with Crippen LogP contribution in [0.3, 0.4) is 0 Å². The van der Waals surface area contributed by atoms with E-state index in [0.29, 0.717) is 18.1 Å². The molecule has 0 aromatic heterocycles. The highest BCUT2D eigenvalue weighted by molar-refractivity contribution is 6.00. The third-order valence-electron chi connectivity index (χ3n) is 4.55. The number of rotatable bonds is 2. The zero-order valence-electron chi connectivity index (χ0n) is 13.1. The number of carbonyl (C=O) groups excluding carboxylic acids is 1. The summed E-state index contributed by atoms with van der Waals surface area (Å²) < 4.78 is 0. The Morgan fingerprint density at radius 1 is 1.19 bits per heavy atom. The van der Waals surface area contributed by atoms with Crippen LogP contribution in [0, 0.1) is 5.92 Å². The lowest BCUT2D eigenvalue weighted by molar-refractivity contribution is -0.116. The largest absolute Gasteiger partial charge is 0.361 e. The standard InChI is InChI=1S/C19H23NO/c1-14-11-17-16(18(21)12-14)9-10-19(2,3)20(17)13-15-7-5-4-6-8-15/h4-10,14H,11-13H2,1-3H3. The van der Waals surface area contributed by atoms with Crippen molar-refractivity contribution in [2.24, 2.45) is 5.92 Å². The SMILES string of the molecule is CC1CC(=O)C2=C(C1)N(Cc1ccccc1)C(C)(C)C=C2. The molecule has 0 amide bonds. The molecule has 0 spiro atoms. The van der Waals surface area contributed by atoms with Gasteiger partial charge in [-0.15, -0.1) is 0 Å². The molecular formula is C19H23NO. The predicted molar refractivity (Wildman–Crippen MR) is 85.6 cm³/mol. The van der Waals surface area contributed by atoms with E-state index in [4.69, 9.17) is 0 Å². The van der Waals surface area contributed by atoms with Crippen molar-refractivity contribution >= 4 is 5.78 Å². The van der Waals surface area contributed by atoms with Crippen LogP contribution in [0.5, 0.6) is 0 Å². The molecule has 0 saturated heterocycles. The van der Waals surface area contributed by atoms with Crippen LogP contribution in [0.15, 0.2) is 53.8 Å². The van der Waals surface area contributed by atoms with E-state index in [1.165, 1.54) is 11.3 Å². The Morgan fingerprint density at radius 3 is 2.62 bits per heavy atom. The molecule has 1 atom stereocenters. The Labute approximate surface area is 127 Å². The first-order chi connectivity index (χ1) is 9.97. The van der Waals surface area contributed by atoms with Gasteiger partial charge in [0.25, 0.3) is 0 Å². The van der Waals surface area contributed by atoms with Crippen molar-refractivity contribution in [2.75, 3.05) is 0 Å². The summed E-state index contributed by atoms with van der Waals surface area (Å²) in [5.41, 5.74) is 3.41. The smallest absolute Gasteiger partial charge is 0.164 e. The number of ketones is 1. The Bertz CT molecular complexity index is 610. The van der Waals surface area contributed by atoms with E-state index in [0.717, 1.165) is 18.5 Å². The average molecular weight is 281 g/mol. The molecule has 1 aliphatic heterocycles. The van der Waals surface area contributed by atoms with Crippen LogP contribution in [-0.4, -0.2) is 16.2 Å². The van der Waals surface area contributed by atoms with Crippen molar-refractivity contribution in [1.29, 1.82) is 0 Å². The number of hydrogen-bond donors (Lipinski definition) is 0. The summed E-state index contributed by atoms with van der Waals surface area (Å²) in [6.45, 7) is 7.48. The van der Waals surface area contributed by atoms with E-state index in [1.807, 2.05) is 12.1 Å². The third kappa shape index (κ3) is 2.67. The maximum Gasteiger partial charge on any atom is 0.164 e. The number of Topliss-reactive ketones (excluding diaryl/α,β-unsaturated/α-hetero) is 1. The Kier molecular flexibility index (Phi) is 3.48. The van der Waals surface area contributed by atoms with Gasteiger partial charge < -0.3 is 4.90 Å². The Balaban J connectivity index is 1.99. The number of nitrogens with zero attached hydrogens (tertiary/aromatic N) is 1. The van der Waals surface area contributed by atoms with E-state index >= 15 is 0 Å². The molecule has 0 fully saturated rings. The van der Waals surface area contributed by atoms with E-state index in [9.17, 15) is 4.79 Å². The van der Waals surface area contributed by atoms with Gasteiger partial charge in [-0.25, -0.2) is 0 Å². The van der Waals surface area contributed by atoms with Crippen molar-refractivity contribution in [2.45, 2.75) is 45.7 Å². The highest BCUT2D eigenvalue weighted by Crippen LogP contribution is 2.38. The van der Waals surface area contributed by atoms with Gasteiger partial charge in [0, 0.05) is 24.2 Å². The first-order valence-corrected chi connectivity index (χ1v) is 7.74. The highest BCUT2D eigenvalue weighted by atomic mass is 16.1. The molecule has 0 saturated carbocycles. The van der Waals surface area contributed by atoms with Crippen molar-refractivity contribution < 1.29 is 4.79 Å². The molecule has 2 heteroatoms. The van der Waals surface area contributed by atoms with Crippen LogP contribution >= 0.6 is 0 Å². The fraction of sp³-hybridized carbons (Fsp3) is 0.421. The minimum Gasteiger partial charge on any atom is -0.361 e. The molecule has 3 rings (SSSR count). The normalized spacial score (nSPS) is 24.2. The first-order valence-electron chi connectivity index (χ1n) is 7.74. The fourth-order valence-electron chi connectivity index (χ4n) is 3.33. The number of hydrogen-bond acceptors (Lipinski definition) is 2. The Hall–Kier alpha value is -1.83. The van der Waals surface area contributed by atoms with Gasteiger partial charge in [-0.3, -0.25) is 4.79 Å². The van der Waals surface area contributed by atoms with Crippen LogP contribution in [0.4, 0.5) is 0 Å². The van der Waals surface area contributed by atoms with Crippen LogP contribution in [0.25, 0.3) is 0 Å². The molecule has 1 aromatic rings. The van der Waals surface area contributed by atoms with Gasteiger partial charge in [-0.05, 0) is 31.7 Å². The minimum atomic E-state index is -0.0496. The van der Waals surface area contributed by atoms with E-state index in [1.54, 1.807) is 0 Å². The van der Waals surface area contributed by atoms with Gasteiger partial charge in [0.05, 0.1) is 5.54 Å². The minimum absolute atomic E-state index is 0.0496. The summed E-state index contributed by atoms with van der Waals surface area (Å²) >= 11 is 0. The molecule has 0 N–H and O–H groups in total. The van der Waals surface area contributed by atoms with Crippen molar-refractivity contribution in [1.82, 2.24) is 4.90 Å². The molecule has 1 unspecified atom stereocenters. The monoisotopic (exact) mass is 281 g/mol. The van der Waals surface area contributed by atoms with E-state index in [2.05, 4.69) is 56.0 Å². The van der Waals surface area contributed by atoms with Gasteiger partial charge in [-0.2, -0.15) is 0 Å². The lowest BCUT2D eigenvalue weighted by Gasteiger charge is -2.45. The second kappa shape index (κ2) is 5.18. The molecule has 2 nitrogen and oxygen atoms in total. The molecule has 0 radical (unpaired) electrons.